The van der Waals surface area contributed by atoms with Crippen molar-refractivity contribution >= 4 is 39.0 Å². The third-order valence-electron chi connectivity index (χ3n) is 11.6. The lowest BCUT2D eigenvalue weighted by molar-refractivity contribution is -0.127. The van der Waals surface area contributed by atoms with Crippen molar-refractivity contribution in [3.8, 4) is 5.75 Å². The third kappa shape index (κ3) is 7.03. The lowest BCUT2D eigenvalue weighted by Gasteiger charge is -2.46. The van der Waals surface area contributed by atoms with Gasteiger partial charge in [0.25, 0.3) is 5.91 Å². The average molecular weight is 710 g/mol. The van der Waals surface area contributed by atoms with Gasteiger partial charge in [0.15, 0.2) is 0 Å². The van der Waals surface area contributed by atoms with Crippen LogP contribution >= 0.6 is 11.6 Å². The van der Waals surface area contributed by atoms with Crippen LogP contribution in [0.15, 0.2) is 52.9 Å². The third-order valence-corrected chi connectivity index (χ3v) is 13.9. The molecule has 0 aromatic heterocycles. The second-order valence-electron chi connectivity index (χ2n) is 15.1. The number of benzene rings is 2. The lowest BCUT2D eigenvalue weighted by Crippen LogP contribution is -2.49. The molecule has 49 heavy (non-hydrogen) atoms. The summed E-state index contributed by atoms with van der Waals surface area (Å²) in [5, 5.41) is 10.2. The first-order valence-electron chi connectivity index (χ1n) is 17.8. The molecule has 264 valence electrons. The number of ether oxygens (including phenoxy) is 2. The molecular formula is C38H48ClN3O6S. The van der Waals surface area contributed by atoms with Gasteiger partial charge in [-0.1, -0.05) is 36.7 Å². The van der Waals surface area contributed by atoms with Crippen LogP contribution in [0.1, 0.15) is 73.4 Å². The van der Waals surface area contributed by atoms with Crippen LogP contribution in [0.5, 0.6) is 5.75 Å². The second-order valence-corrected chi connectivity index (χ2v) is 17.6. The van der Waals surface area contributed by atoms with Gasteiger partial charge in [-0.15, -0.1) is 4.36 Å². The largest absolute Gasteiger partial charge is 0.490 e. The quantitative estimate of drug-likeness (QED) is 0.368. The number of aliphatic hydroxyl groups is 1. The minimum atomic E-state index is -3.45. The second kappa shape index (κ2) is 14.0. The number of aliphatic hydroxyl groups excluding tert-OH is 1. The van der Waals surface area contributed by atoms with Gasteiger partial charge in [-0.25, -0.2) is 4.21 Å². The molecule has 2 aromatic rings. The Balaban J connectivity index is 1.28. The number of fused-ring (bicyclic) bond motifs is 4. The molecule has 1 unspecified atom stereocenters. The maximum absolute atomic E-state index is 14.4. The number of nitrogens with zero attached hydrogens (tertiary/aromatic N) is 2. The van der Waals surface area contributed by atoms with E-state index < -0.39 is 15.8 Å². The van der Waals surface area contributed by atoms with Crippen LogP contribution in [0.4, 0.5) is 5.69 Å². The number of carbonyl (C=O) groups excluding carboxylic acids is 2. The van der Waals surface area contributed by atoms with Crippen molar-refractivity contribution in [2.45, 2.75) is 69.8 Å². The van der Waals surface area contributed by atoms with Crippen molar-refractivity contribution in [3.05, 3.63) is 70.3 Å². The molecule has 0 radical (unpaired) electrons. The molecule has 2 N–H and O–H groups in total. The van der Waals surface area contributed by atoms with Gasteiger partial charge in [0.2, 0.25) is 5.91 Å². The summed E-state index contributed by atoms with van der Waals surface area (Å²) in [5.74, 6) is 0.102. The van der Waals surface area contributed by atoms with E-state index >= 15 is 0 Å². The molecule has 1 spiro atoms. The van der Waals surface area contributed by atoms with Crippen molar-refractivity contribution in [2.75, 3.05) is 44.1 Å². The van der Waals surface area contributed by atoms with Gasteiger partial charge in [0.1, 0.15) is 15.7 Å². The Kier molecular flexibility index (Phi) is 9.87. The van der Waals surface area contributed by atoms with Crippen LogP contribution in [0, 0.1) is 29.6 Å². The molecule has 2 amide bonds. The highest BCUT2D eigenvalue weighted by Crippen LogP contribution is 2.47. The summed E-state index contributed by atoms with van der Waals surface area (Å²) in [6, 6.07) is 11.6. The molecule has 2 fully saturated rings. The minimum Gasteiger partial charge on any atom is -0.490 e. The Morgan fingerprint density at radius 3 is 2.82 bits per heavy atom. The van der Waals surface area contributed by atoms with Crippen LogP contribution in [0.2, 0.25) is 5.02 Å². The summed E-state index contributed by atoms with van der Waals surface area (Å²) < 4.78 is 34.0. The number of rotatable bonds is 4. The van der Waals surface area contributed by atoms with E-state index in [1.807, 2.05) is 25.1 Å². The van der Waals surface area contributed by atoms with Crippen molar-refractivity contribution < 1.29 is 28.4 Å². The summed E-state index contributed by atoms with van der Waals surface area (Å²) in [5.41, 5.74) is 3.43. The highest BCUT2D eigenvalue weighted by atomic mass is 35.5. The van der Waals surface area contributed by atoms with E-state index in [4.69, 9.17) is 21.1 Å². The first kappa shape index (κ1) is 34.5. The number of nitrogens with one attached hydrogen (secondary N) is 1. The fraction of sp³-hybridized carbons (Fsp3) is 0.579. The number of aryl methyl sites for hydroxylation is 1. The SMILES string of the molecule is CO[C@H]1/C=C/C[C@H](C)CS(=O)(NC(=O)C2CC(CO)C2)=NC(=O)c2ccc3c(c2)N(C[C@@H]2CC[C@H]21)C[C@@]1(CCCc2cc(Cl)ccc21)CO3. The van der Waals surface area contributed by atoms with Crippen LogP contribution in [-0.2, 0) is 31.3 Å². The summed E-state index contributed by atoms with van der Waals surface area (Å²) in [6.07, 6.45) is 11.0. The van der Waals surface area contributed by atoms with E-state index in [0.717, 1.165) is 55.9 Å². The van der Waals surface area contributed by atoms with Crippen LogP contribution in [-0.4, -0.2) is 66.4 Å². The first-order valence-corrected chi connectivity index (χ1v) is 19.9. The fourth-order valence-corrected chi connectivity index (χ4v) is 10.9. The van der Waals surface area contributed by atoms with Crippen LogP contribution in [0.25, 0.3) is 0 Å². The maximum atomic E-state index is 14.4. The number of hydrogen-bond acceptors (Lipinski definition) is 7. The Morgan fingerprint density at radius 2 is 2.06 bits per heavy atom. The standard InChI is InChI=1S/C38H48ClN3O6S/c1-24-5-3-7-34(47-2)31-11-8-28(31)19-42-22-38(14-4-6-26-17-30(39)10-12-32(26)38)23-48-35-13-9-27(18-33(35)42)36(44)40-49(46,21-24)41-37(45)29-15-25(16-29)20-43/h3,7,9-10,12-13,17-18,24-25,28-29,31,34,43H,4-6,8,11,14-16,19-23H2,1-2H3,(H,40,41,44,45,46)/b7-3+/t24-,25?,28-,29?,31+,34-,38-,49?/m0/s1. The normalized spacial score (nSPS) is 34.9. The topological polar surface area (TPSA) is 118 Å². The Labute approximate surface area is 295 Å². The molecule has 0 saturated heterocycles. The van der Waals surface area contributed by atoms with E-state index in [2.05, 4.69) is 38.3 Å². The number of carbonyl (C=O) groups is 2. The number of hydrogen-bond donors (Lipinski definition) is 2. The van der Waals surface area contributed by atoms with Crippen molar-refractivity contribution in [2.24, 2.45) is 34.0 Å². The van der Waals surface area contributed by atoms with Crippen molar-refractivity contribution in [1.29, 1.82) is 0 Å². The molecular weight excluding hydrogens is 662 g/mol. The molecule has 2 aliphatic heterocycles. The molecule has 6 atom stereocenters. The Morgan fingerprint density at radius 1 is 1.22 bits per heavy atom. The smallest absolute Gasteiger partial charge is 0.286 e. The zero-order valence-electron chi connectivity index (χ0n) is 28.4. The van der Waals surface area contributed by atoms with Gasteiger partial charge in [0.05, 0.1) is 24.2 Å². The Bertz CT molecular complexity index is 1750. The summed E-state index contributed by atoms with van der Waals surface area (Å²) in [6.45, 7) is 4.00. The summed E-state index contributed by atoms with van der Waals surface area (Å²) in [4.78, 5) is 29.5. The molecule has 5 aliphatic rings. The molecule has 2 bridgehead atoms. The van der Waals surface area contributed by atoms with E-state index in [-0.39, 0.29) is 47.5 Å². The van der Waals surface area contributed by atoms with Crippen molar-refractivity contribution in [3.63, 3.8) is 0 Å². The Hall–Kier alpha value is -2.92. The van der Waals surface area contributed by atoms with Gasteiger partial charge in [-0.2, -0.15) is 0 Å². The number of allylic oxidation sites excluding steroid dienone is 1. The highest BCUT2D eigenvalue weighted by molar-refractivity contribution is 7.92. The lowest BCUT2D eigenvalue weighted by atomic mass is 9.68. The van der Waals surface area contributed by atoms with E-state index in [0.29, 0.717) is 49.0 Å². The molecule has 2 aromatic carbocycles. The number of amides is 2. The van der Waals surface area contributed by atoms with Crippen LogP contribution in [0.3, 0.4) is 0 Å². The fourth-order valence-electron chi connectivity index (χ4n) is 8.71. The predicted octanol–water partition coefficient (Wildman–Crippen LogP) is 6.11. The minimum absolute atomic E-state index is 0.0243. The maximum Gasteiger partial charge on any atom is 0.286 e. The van der Waals surface area contributed by atoms with E-state index in [1.54, 1.807) is 13.2 Å². The zero-order chi connectivity index (χ0) is 34.3. The van der Waals surface area contributed by atoms with Gasteiger partial charge in [0, 0.05) is 48.7 Å². The van der Waals surface area contributed by atoms with E-state index in [1.165, 1.54) is 11.1 Å². The molecule has 7 rings (SSSR count). The number of halogens is 1. The predicted molar refractivity (Wildman–Crippen MR) is 191 cm³/mol. The summed E-state index contributed by atoms with van der Waals surface area (Å²) >= 11 is 6.45. The molecule has 11 heteroatoms. The molecule has 2 heterocycles. The van der Waals surface area contributed by atoms with Gasteiger partial charge < -0.3 is 19.5 Å². The monoisotopic (exact) mass is 709 g/mol. The van der Waals surface area contributed by atoms with Gasteiger partial charge >= 0.3 is 0 Å². The molecule has 2 saturated carbocycles. The average Bonchev–Trinajstić information content (AvgIpc) is 3.18. The molecule has 3 aliphatic carbocycles. The molecule has 9 nitrogen and oxygen atoms in total. The number of methoxy groups -OCH3 is 1. The van der Waals surface area contributed by atoms with Gasteiger partial charge in [-0.3, -0.25) is 14.3 Å². The van der Waals surface area contributed by atoms with Crippen molar-refractivity contribution in [1.82, 2.24) is 4.72 Å². The zero-order valence-corrected chi connectivity index (χ0v) is 30.0. The van der Waals surface area contributed by atoms with Crippen LogP contribution < -0.4 is 14.4 Å². The van der Waals surface area contributed by atoms with E-state index in [9.17, 15) is 18.9 Å². The summed E-state index contributed by atoms with van der Waals surface area (Å²) in [7, 11) is -1.68. The highest BCUT2D eigenvalue weighted by Gasteiger charge is 2.44. The van der Waals surface area contributed by atoms with Gasteiger partial charge in [-0.05, 0) is 116 Å². The first-order chi connectivity index (χ1) is 23.6. The number of anilines is 1.